The lowest BCUT2D eigenvalue weighted by molar-refractivity contribution is -0.870. The molecule has 0 aromatic carbocycles. The second-order valence-corrected chi connectivity index (χ2v) is 13.3. The van der Waals surface area contributed by atoms with E-state index in [4.69, 9.17) is 34.9 Å². The molecule has 0 aliphatic rings. The van der Waals surface area contributed by atoms with Crippen molar-refractivity contribution in [3.63, 3.8) is 0 Å². The Bertz CT molecular complexity index is 792. The molecule has 11 nitrogen and oxygen atoms in total. The lowest BCUT2D eigenvalue weighted by Gasteiger charge is -2.30. The van der Waals surface area contributed by atoms with E-state index in [9.17, 15) is 23.8 Å². The van der Waals surface area contributed by atoms with Gasteiger partial charge in [-0.05, 0) is 47.5 Å². The second kappa shape index (κ2) is 14.1. The molecule has 0 aromatic heterocycles. The zero-order valence-electron chi connectivity index (χ0n) is 23.1. The van der Waals surface area contributed by atoms with E-state index in [1.54, 1.807) is 27.7 Å². The van der Waals surface area contributed by atoms with Crippen molar-refractivity contribution in [1.29, 1.82) is 0 Å². The van der Waals surface area contributed by atoms with E-state index in [1.165, 1.54) is 6.92 Å². The van der Waals surface area contributed by atoms with E-state index in [0.29, 0.717) is 17.4 Å². The highest BCUT2D eigenvalue weighted by atomic mass is 35.5. The number of halogens is 1. The molecule has 13 heteroatoms. The van der Waals surface area contributed by atoms with Gasteiger partial charge in [0.05, 0.1) is 38.6 Å². The van der Waals surface area contributed by atoms with Crippen molar-refractivity contribution in [3.8, 4) is 0 Å². The molecule has 36 heavy (non-hydrogen) atoms. The second-order valence-electron chi connectivity index (χ2n) is 11.1. The first-order valence-corrected chi connectivity index (χ1v) is 13.7. The number of ether oxygens (including phenoxy) is 3. The van der Waals surface area contributed by atoms with Crippen LogP contribution < -0.4 is 0 Å². The highest BCUT2D eigenvalue weighted by Crippen LogP contribution is 2.43. The summed E-state index contributed by atoms with van der Waals surface area (Å²) in [7, 11) is 1.43. The molecular weight excluding hydrogens is 517 g/mol. The molecule has 0 radical (unpaired) electrons. The van der Waals surface area contributed by atoms with Gasteiger partial charge in [-0.15, -0.1) is 11.6 Å². The van der Waals surface area contributed by atoms with Gasteiger partial charge in [0.2, 0.25) is 0 Å². The number of rotatable bonds is 17. The van der Waals surface area contributed by atoms with Crippen LogP contribution in [0.2, 0.25) is 0 Å². The van der Waals surface area contributed by atoms with E-state index in [-0.39, 0.29) is 45.4 Å². The SMILES string of the molecule is CCC(C)(C)C(=O)OCCOC(=O)C(C)(C)CC(C)(Cl)C(=O)OCCOP(=O)(O)OCC[N+](C)(C)C. The minimum absolute atomic E-state index is 0.0150. The predicted octanol–water partition coefficient (Wildman–Crippen LogP) is 3.31. The van der Waals surface area contributed by atoms with E-state index in [1.807, 2.05) is 28.1 Å². The molecule has 2 unspecified atom stereocenters. The van der Waals surface area contributed by atoms with Crippen LogP contribution in [-0.2, 0) is 42.2 Å². The third-order valence-electron chi connectivity index (χ3n) is 5.33. The smallest absolute Gasteiger partial charge is 0.462 e. The molecule has 0 rings (SSSR count). The summed E-state index contributed by atoms with van der Waals surface area (Å²) in [6, 6.07) is 0. The molecular formula is C23H44ClNO10P+. The maximum atomic E-state index is 12.5. The number of alkyl halides is 1. The van der Waals surface area contributed by atoms with Crippen molar-refractivity contribution in [3.05, 3.63) is 0 Å². The topological polar surface area (TPSA) is 135 Å². The summed E-state index contributed by atoms with van der Waals surface area (Å²) < 4.78 is 37.5. The number of nitrogens with zero attached hydrogens (tertiary/aromatic N) is 1. The zero-order chi connectivity index (χ0) is 28.4. The van der Waals surface area contributed by atoms with Crippen LogP contribution in [0.25, 0.3) is 0 Å². The van der Waals surface area contributed by atoms with E-state index in [0.717, 1.165) is 0 Å². The van der Waals surface area contributed by atoms with Gasteiger partial charge in [0.1, 0.15) is 37.8 Å². The van der Waals surface area contributed by atoms with Crippen LogP contribution in [0.15, 0.2) is 0 Å². The van der Waals surface area contributed by atoms with Gasteiger partial charge in [-0.2, -0.15) is 0 Å². The Morgan fingerprint density at radius 3 is 1.67 bits per heavy atom. The summed E-state index contributed by atoms with van der Waals surface area (Å²) in [5.41, 5.74) is -1.78. The number of carbonyl (C=O) groups excluding carboxylic acids is 3. The van der Waals surface area contributed by atoms with Crippen molar-refractivity contribution in [1.82, 2.24) is 0 Å². The van der Waals surface area contributed by atoms with Crippen LogP contribution in [0.4, 0.5) is 0 Å². The lowest BCUT2D eigenvalue weighted by Crippen LogP contribution is -2.40. The van der Waals surface area contributed by atoms with Crippen LogP contribution in [-0.4, -0.2) is 92.9 Å². The summed E-state index contributed by atoms with van der Waals surface area (Å²) >= 11 is 6.34. The third-order valence-corrected chi connectivity index (χ3v) is 6.63. The molecule has 0 aromatic rings. The Kier molecular flexibility index (Phi) is 13.6. The Labute approximate surface area is 219 Å². The van der Waals surface area contributed by atoms with Crippen LogP contribution in [0.1, 0.15) is 54.4 Å². The molecule has 0 aliphatic carbocycles. The molecule has 0 amide bonds. The van der Waals surface area contributed by atoms with Gasteiger partial charge in [0.25, 0.3) is 0 Å². The molecule has 2 atom stereocenters. The van der Waals surface area contributed by atoms with Gasteiger partial charge in [-0.25, -0.2) is 4.57 Å². The summed E-state index contributed by atoms with van der Waals surface area (Å²) in [6.07, 6.45) is 0.495. The molecule has 0 aliphatic heterocycles. The van der Waals surface area contributed by atoms with Crippen LogP contribution in [0.3, 0.4) is 0 Å². The molecule has 0 fully saturated rings. The third kappa shape index (κ3) is 13.9. The van der Waals surface area contributed by atoms with Crippen molar-refractivity contribution in [2.45, 2.75) is 59.3 Å². The van der Waals surface area contributed by atoms with Gasteiger partial charge in [0, 0.05) is 0 Å². The molecule has 0 saturated carbocycles. The van der Waals surface area contributed by atoms with Gasteiger partial charge in [-0.1, -0.05) is 6.92 Å². The van der Waals surface area contributed by atoms with Gasteiger partial charge < -0.3 is 23.6 Å². The molecule has 1 N–H and O–H groups in total. The highest BCUT2D eigenvalue weighted by Gasteiger charge is 2.43. The van der Waals surface area contributed by atoms with Crippen molar-refractivity contribution in [2.24, 2.45) is 10.8 Å². The normalized spacial score (nSPS) is 16.0. The fourth-order valence-electron chi connectivity index (χ4n) is 2.68. The predicted molar refractivity (Wildman–Crippen MR) is 134 cm³/mol. The van der Waals surface area contributed by atoms with Crippen LogP contribution >= 0.6 is 19.4 Å². The van der Waals surface area contributed by atoms with E-state index >= 15 is 0 Å². The fraction of sp³-hybridized carbons (Fsp3) is 0.870. The molecule has 0 spiro atoms. The molecule has 212 valence electrons. The van der Waals surface area contributed by atoms with Gasteiger partial charge in [0.15, 0.2) is 0 Å². The first kappa shape index (κ1) is 34.8. The van der Waals surface area contributed by atoms with Gasteiger partial charge >= 0.3 is 25.7 Å². The largest absolute Gasteiger partial charge is 0.472 e. The first-order chi connectivity index (χ1) is 16.2. The number of likely N-dealkylation sites (N-methyl/N-ethyl adjacent to an activating group) is 1. The zero-order valence-corrected chi connectivity index (χ0v) is 24.7. The summed E-state index contributed by atoms with van der Waals surface area (Å²) in [4.78, 5) is 45.0. The van der Waals surface area contributed by atoms with Gasteiger partial charge in [-0.3, -0.25) is 23.4 Å². The Balaban J connectivity index is 4.53. The highest BCUT2D eigenvalue weighted by molar-refractivity contribution is 7.47. The summed E-state index contributed by atoms with van der Waals surface area (Å²) in [5.74, 6) is -1.83. The average Bonchev–Trinajstić information content (AvgIpc) is 2.71. The lowest BCUT2D eigenvalue weighted by atomic mass is 9.83. The number of quaternary nitrogens is 1. The van der Waals surface area contributed by atoms with Crippen molar-refractivity contribution < 1.29 is 51.6 Å². The van der Waals surface area contributed by atoms with Crippen molar-refractivity contribution in [2.75, 3.05) is 60.7 Å². The van der Waals surface area contributed by atoms with Crippen LogP contribution in [0.5, 0.6) is 0 Å². The molecule has 0 heterocycles. The number of hydrogen-bond donors (Lipinski definition) is 1. The fourth-order valence-corrected chi connectivity index (χ4v) is 3.76. The van der Waals surface area contributed by atoms with Crippen LogP contribution in [0, 0.1) is 10.8 Å². The Morgan fingerprint density at radius 2 is 1.19 bits per heavy atom. The molecule has 0 saturated heterocycles. The summed E-state index contributed by atoms with van der Waals surface area (Å²) in [5, 5.41) is 0. The monoisotopic (exact) mass is 560 g/mol. The number of phosphoric acid groups is 1. The maximum absolute atomic E-state index is 12.5. The number of phosphoric ester groups is 1. The van der Waals surface area contributed by atoms with Crippen molar-refractivity contribution >= 4 is 37.3 Å². The van der Waals surface area contributed by atoms with E-state index in [2.05, 4.69) is 0 Å². The minimum atomic E-state index is -4.28. The van der Waals surface area contributed by atoms with E-state index < -0.39 is 35.5 Å². The Morgan fingerprint density at radius 1 is 0.778 bits per heavy atom. The number of hydrogen-bond acceptors (Lipinski definition) is 9. The number of carbonyl (C=O) groups is 3. The standard InChI is InChI=1S/C23H43ClNO10P/c1-10-21(2,3)18(26)31-13-14-32-19(27)22(4,5)17-23(6,24)20(28)33-15-16-35-36(29,30)34-12-11-25(7,8)9/h10-17H2,1-9H3/p+1. The minimum Gasteiger partial charge on any atom is -0.462 e. The first-order valence-electron chi connectivity index (χ1n) is 11.8. The Hall–Kier alpha value is -1.23. The number of esters is 3. The quantitative estimate of drug-likeness (QED) is 0.0704. The molecule has 0 bridgehead atoms. The maximum Gasteiger partial charge on any atom is 0.472 e. The summed E-state index contributed by atoms with van der Waals surface area (Å²) in [6.45, 7) is 9.50. The average molecular weight is 561 g/mol.